The van der Waals surface area contributed by atoms with E-state index in [0.717, 1.165) is 0 Å². The second-order valence-electron chi connectivity index (χ2n) is 3.18. The zero-order valence-electron chi connectivity index (χ0n) is 8.47. The predicted molar refractivity (Wildman–Crippen MR) is 61.3 cm³/mol. The molecule has 82 valence electrons. The molecule has 0 saturated carbocycles. The van der Waals surface area contributed by atoms with Gasteiger partial charge in [-0.3, -0.25) is 4.79 Å². The van der Waals surface area contributed by atoms with Gasteiger partial charge in [-0.05, 0) is 12.5 Å². The van der Waals surface area contributed by atoms with E-state index in [0.29, 0.717) is 12.0 Å². The van der Waals surface area contributed by atoms with Crippen LogP contribution in [0.3, 0.4) is 0 Å². The SMILES string of the molecule is CCC(Br)C(=O)NCc1ccccc1F. The third-order valence-corrected chi connectivity index (χ3v) is 3.12. The van der Waals surface area contributed by atoms with Gasteiger partial charge in [0.1, 0.15) is 5.82 Å². The Morgan fingerprint density at radius 3 is 2.80 bits per heavy atom. The molecule has 0 bridgehead atoms. The largest absolute Gasteiger partial charge is 0.351 e. The van der Waals surface area contributed by atoms with E-state index in [1.165, 1.54) is 6.07 Å². The van der Waals surface area contributed by atoms with E-state index in [2.05, 4.69) is 21.2 Å². The zero-order valence-corrected chi connectivity index (χ0v) is 10.1. The van der Waals surface area contributed by atoms with Crippen molar-refractivity contribution in [1.29, 1.82) is 0 Å². The van der Waals surface area contributed by atoms with Gasteiger partial charge < -0.3 is 5.32 Å². The topological polar surface area (TPSA) is 29.1 Å². The zero-order chi connectivity index (χ0) is 11.3. The van der Waals surface area contributed by atoms with Crippen LogP contribution in [0.15, 0.2) is 24.3 Å². The molecule has 1 unspecified atom stereocenters. The predicted octanol–water partition coefficient (Wildman–Crippen LogP) is 2.62. The second-order valence-corrected chi connectivity index (χ2v) is 4.29. The third kappa shape index (κ3) is 3.63. The Bertz CT molecular complexity index is 343. The molecule has 0 aliphatic rings. The van der Waals surface area contributed by atoms with Gasteiger partial charge in [0.05, 0.1) is 4.83 Å². The normalized spacial score (nSPS) is 12.2. The lowest BCUT2D eigenvalue weighted by Crippen LogP contribution is -2.30. The standard InChI is InChI=1S/C11H13BrFNO/c1-2-9(12)11(15)14-7-8-5-3-4-6-10(8)13/h3-6,9H,2,7H2,1H3,(H,14,15). The fraction of sp³-hybridized carbons (Fsp3) is 0.364. The van der Waals surface area contributed by atoms with Crippen molar-refractivity contribution in [3.05, 3.63) is 35.6 Å². The molecule has 1 amide bonds. The molecule has 1 aromatic rings. The summed E-state index contributed by atoms with van der Waals surface area (Å²) in [4.78, 5) is 11.2. The fourth-order valence-corrected chi connectivity index (χ4v) is 1.28. The molecule has 1 atom stereocenters. The van der Waals surface area contributed by atoms with Gasteiger partial charge in [-0.1, -0.05) is 41.1 Å². The van der Waals surface area contributed by atoms with Crippen LogP contribution in [0.1, 0.15) is 18.9 Å². The Morgan fingerprint density at radius 1 is 1.53 bits per heavy atom. The number of benzene rings is 1. The minimum atomic E-state index is -0.291. The molecule has 0 aromatic heterocycles. The number of alkyl halides is 1. The van der Waals surface area contributed by atoms with Crippen LogP contribution in [0, 0.1) is 5.82 Å². The summed E-state index contributed by atoms with van der Waals surface area (Å²) in [6.07, 6.45) is 0.711. The van der Waals surface area contributed by atoms with Gasteiger partial charge in [0, 0.05) is 12.1 Å². The first-order chi connectivity index (χ1) is 7.15. The third-order valence-electron chi connectivity index (χ3n) is 2.05. The molecule has 15 heavy (non-hydrogen) atoms. The molecule has 0 radical (unpaired) electrons. The number of carbonyl (C=O) groups excluding carboxylic acids is 1. The van der Waals surface area contributed by atoms with Crippen LogP contribution in [0.25, 0.3) is 0 Å². The lowest BCUT2D eigenvalue weighted by Gasteiger charge is -2.09. The highest BCUT2D eigenvalue weighted by molar-refractivity contribution is 9.10. The first-order valence-corrected chi connectivity index (χ1v) is 5.72. The van der Waals surface area contributed by atoms with Crippen molar-refractivity contribution in [2.24, 2.45) is 0 Å². The Hall–Kier alpha value is -0.900. The minimum absolute atomic E-state index is 0.110. The maximum Gasteiger partial charge on any atom is 0.234 e. The average Bonchev–Trinajstić information content (AvgIpc) is 2.26. The van der Waals surface area contributed by atoms with Gasteiger partial charge in [-0.2, -0.15) is 0 Å². The summed E-state index contributed by atoms with van der Waals surface area (Å²) in [7, 11) is 0. The summed E-state index contributed by atoms with van der Waals surface area (Å²) < 4.78 is 13.2. The van der Waals surface area contributed by atoms with Crippen LogP contribution >= 0.6 is 15.9 Å². The molecule has 1 aromatic carbocycles. The van der Waals surface area contributed by atoms with Gasteiger partial charge in [0.2, 0.25) is 5.91 Å². The van der Waals surface area contributed by atoms with E-state index < -0.39 is 0 Å². The quantitative estimate of drug-likeness (QED) is 0.840. The summed E-state index contributed by atoms with van der Waals surface area (Å²) in [5, 5.41) is 2.66. The monoisotopic (exact) mass is 273 g/mol. The van der Waals surface area contributed by atoms with Gasteiger partial charge in [-0.15, -0.1) is 0 Å². The summed E-state index contributed by atoms with van der Waals surface area (Å²) in [6, 6.07) is 6.41. The van der Waals surface area contributed by atoms with Gasteiger partial charge in [0.15, 0.2) is 0 Å². The van der Waals surface area contributed by atoms with Crippen LogP contribution in [0.4, 0.5) is 4.39 Å². The molecule has 0 aliphatic carbocycles. The highest BCUT2D eigenvalue weighted by atomic mass is 79.9. The maximum atomic E-state index is 13.2. The van der Waals surface area contributed by atoms with Crippen molar-refractivity contribution in [2.45, 2.75) is 24.7 Å². The first kappa shape index (κ1) is 12.2. The second kappa shape index (κ2) is 5.85. The molecule has 0 heterocycles. The van der Waals surface area contributed by atoms with E-state index in [9.17, 15) is 9.18 Å². The van der Waals surface area contributed by atoms with Crippen molar-refractivity contribution < 1.29 is 9.18 Å². The molecular formula is C11H13BrFNO. The van der Waals surface area contributed by atoms with Crippen molar-refractivity contribution in [1.82, 2.24) is 5.32 Å². The molecule has 0 saturated heterocycles. The van der Waals surface area contributed by atoms with Crippen LogP contribution in [0.2, 0.25) is 0 Å². The maximum absolute atomic E-state index is 13.2. The number of nitrogens with one attached hydrogen (secondary N) is 1. The summed E-state index contributed by atoms with van der Waals surface area (Å²) >= 11 is 3.23. The van der Waals surface area contributed by atoms with Crippen molar-refractivity contribution >= 4 is 21.8 Å². The van der Waals surface area contributed by atoms with E-state index in [1.807, 2.05) is 6.92 Å². The molecule has 0 fully saturated rings. The van der Waals surface area contributed by atoms with Crippen LogP contribution < -0.4 is 5.32 Å². The first-order valence-electron chi connectivity index (χ1n) is 4.80. The Kier molecular flexibility index (Phi) is 4.75. The highest BCUT2D eigenvalue weighted by Gasteiger charge is 2.11. The van der Waals surface area contributed by atoms with E-state index in [4.69, 9.17) is 0 Å². The fourth-order valence-electron chi connectivity index (χ4n) is 1.12. The van der Waals surface area contributed by atoms with Gasteiger partial charge in [-0.25, -0.2) is 4.39 Å². The molecule has 0 aliphatic heterocycles. The molecule has 1 rings (SSSR count). The van der Waals surface area contributed by atoms with Crippen molar-refractivity contribution in [3.8, 4) is 0 Å². The van der Waals surface area contributed by atoms with E-state index in [1.54, 1.807) is 18.2 Å². The van der Waals surface area contributed by atoms with Gasteiger partial charge >= 0.3 is 0 Å². The number of hydrogen-bond donors (Lipinski definition) is 1. The lowest BCUT2D eigenvalue weighted by molar-refractivity contribution is -0.120. The smallest absolute Gasteiger partial charge is 0.234 e. The number of carbonyl (C=O) groups is 1. The van der Waals surface area contributed by atoms with E-state index >= 15 is 0 Å². The molecule has 2 nitrogen and oxygen atoms in total. The summed E-state index contributed by atoms with van der Waals surface area (Å²) in [6.45, 7) is 2.13. The van der Waals surface area contributed by atoms with Crippen molar-refractivity contribution in [2.75, 3.05) is 0 Å². The van der Waals surface area contributed by atoms with Crippen LogP contribution in [0.5, 0.6) is 0 Å². The number of rotatable bonds is 4. The van der Waals surface area contributed by atoms with Crippen LogP contribution in [-0.2, 0) is 11.3 Å². The molecule has 1 N–H and O–H groups in total. The van der Waals surface area contributed by atoms with Crippen molar-refractivity contribution in [3.63, 3.8) is 0 Å². The van der Waals surface area contributed by atoms with E-state index in [-0.39, 0.29) is 23.1 Å². The molecular weight excluding hydrogens is 261 g/mol. The van der Waals surface area contributed by atoms with Crippen LogP contribution in [-0.4, -0.2) is 10.7 Å². The number of amides is 1. The lowest BCUT2D eigenvalue weighted by atomic mass is 10.2. The Morgan fingerprint density at radius 2 is 2.20 bits per heavy atom. The molecule has 4 heteroatoms. The Labute approximate surface area is 97.0 Å². The van der Waals surface area contributed by atoms with Gasteiger partial charge in [0.25, 0.3) is 0 Å². The summed E-state index contributed by atoms with van der Waals surface area (Å²) in [5.41, 5.74) is 0.502. The summed E-state index contributed by atoms with van der Waals surface area (Å²) in [5.74, 6) is -0.402. The molecule has 0 spiro atoms. The Balaban J connectivity index is 2.51. The number of halogens is 2. The number of hydrogen-bond acceptors (Lipinski definition) is 1. The minimum Gasteiger partial charge on any atom is -0.351 e. The highest BCUT2D eigenvalue weighted by Crippen LogP contribution is 2.07. The average molecular weight is 274 g/mol.